The SMILES string of the molecule is CC(C)(CNC(=O)CC1(NC(=O)OCC2c3ccccc3-c3ccccc32)CC1)C(=O)O. The fraction of sp³-hybridized carbons (Fsp3) is 0.400. The second kappa shape index (κ2) is 8.30. The molecule has 0 bridgehead atoms. The van der Waals surface area contributed by atoms with Gasteiger partial charge in [0.1, 0.15) is 6.61 Å². The zero-order valence-electron chi connectivity index (χ0n) is 18.3. The summed E-state index contributed by atoms with van der Waals surface area (Å²) in [6, 6.07) is 16.3. The monoisotopic (exact) mass is 436 g/mol. The Morgan fingerprint density at radius 3 is 2.12 bits per heavy atom. The highest BCUT2D eigenvalue weighted by molar-refractivity contribution is 5.81. The van der Waals surface area contributed by atoms with Crippen molar-refractivity contribution in [3.8, 4) is 11.1 Å². The zero-order chi connectivity index (χ0) is 22.9. The number of carboxylic acids is 1. The molecule has 1 saturated carbocycles. The first kappa shape index (κ1) is 21.9. The number of nitrogens with one attached hydrogen (secondary N) is 2. The summed E-state index contributed by atoms with van der Waals surface area (Å²) >= 11 is 0. The molecule has 2 aromatic rings. The number of amides is 2. The topological polar surface area (TPSA) is 105 Å². The number of carbonyl (C=O) groups is 3. The van der Waals surface area contributed by atoms with Crippen LogP contribution in [0.25, 0.3) is 11.1 Å². The minimum Gasteiger partial charge on any atom is -0.481 e. The van der Waals surface area contributed by atoms with Crippen LogP contribution in [0.15, 0.2) is 48.5 Å². The average Bonchev–Trinajstić information content (AvgIpc) is 3.43. The maximum Gasteiger partial charge on any atom is 0.407 e. The fourth-order valence-corrected chi connectivity index (χ4v) is 4.11. The molecular weight excluding hydrogens is 408 g/mol. The van der Waals surface area contributed by atoms with Crippen LogP contribution in [0.4, 0.5) is 4.79 Å². The van der Waals surface area contributed by atoms with Crippen LogP contribution in [0.5, 0.6) is 0 Å². The van der Waals surface area contributed by atoms with Gasteiger partial charge in [0.25, 0.3) is 0 Å². The normalized spacial score (nSPS) is 15.9. The molecule has 1 fully saturated rings. The Morgan fingerprint density at radius 1 is 1.03 bits per heavy atom. The van der Waals surface area contributed by atoms with Gasteiger partial charge in [-0.3, -0.25) is 9.59 Å². The van der Waals surface area contributed by atoms with E-state index in [2.05, 4.69) is 34.9 Å². The number of benzene rings is 2. The summed E-state index contributed by atoms with van der Waals surface area (Å²) < 4.78 is 5.58. The number of carboxylic acid groups (broad SMARTS) is 1. The van der Waals surface area contributed by atoms with E-state index in [4.69, 9.17) is 9.84 Å². The van der Waals surface area contributed by atoms with Gasteiger partial charge in [0.15, 0.2) is 0 Å². The van der Waals surface area contributed by atoms with E-state index in [-0.39, 0.29) is 31.4 Å². The molecule has 0 atom stereocenters. The standard InChI is InChI=1S/C25H28N2O5/c1-24(2,22(29)30)15-26-21(28)13-25(11-12-25)27-23(31)32-14-20-18-9-5-3-7-16(18)17-8-4-6-10-19(17)20/h3-10,20H,11-15H2,1-2H3,(H,26,28)(H,27,31)(H,29,30). The van der Waals surface area contributed by atoms with Crippen LogP contribution in [-0.2, 0) is 14.3 Å². The molecule has 0 radical (unpaired) electrons. The number of carbonyl (C=O) groups excluding carboxylic acids is 2. The van der Waals surface area contributed by atoms with Crippen LogP contribution >= 0.6 is 0 Å². The fourth-order valence-electron chi connectivity index (χ4n) is 4.11. The molecule has 7 nitrogen and oxygen atoms in total. The third kappa shape index (κ3) is 4.47. The van der Waals surface area contributed by atoms with Crippen LogP contribution in [0.1, 0.15) is 50.2 Å². The Bertz CT molecular complexity index is 1010. The van der Waals surface area contributed by atoms with Gasteiger partial charge in [0.05, 0.1) is 11.0 Å². The van der Waals surface area contributed by atoms with Crippen LogP contribution < -0.4 is 10.6 Å². The van der Waals surface area contributed by atoms with Gasteiger partial charge in [-0.15, -0.1) is 0 Å². The zero-order valence-corrected chi connectivity index (χ0v) is 18.3. The number of hydrogen-bond acceptors (Lipinski definition) is 4. The summed E-state index contributed by atoms with van der Waals surface area (Å²) in [6.07, 6.45) is 0.940. The first-order valence-corrected chi connectivity index (χ1v) is 10.8. The van der Waals surface area contributed by atoms with Crippen molar-refractivity contribution in [2.45, 2.75) is 44.6 Å². The molecule has 0 heterocycles. The molecule has 168 valence electrons. The lowest BCUT2D eigenvalue weighted by atomic mass is 9.94. The first-order chi connectivity index (χ1) is 15.2. The van der Waals surface area contributed by atoms with Gasteiger partial charge in [-0.2, -0.15) is 0 Å². The highest BCUT2D eigenvalue weighted by Crippen LogP contribution is 2.44. The van der Waals surface area contributed by atoms with Gasteiger partial charge in [-0.25, -0.2) is 4.79 Å². The Morgan fingerprint density at radius 2 is 1.59 bits per heavy atom. The third-order valence-corrected chi connectivity index (χ3v) is 6.37. The van der Waals surface area contributed by atoms with E-state index < -0.39 is 23.0 Å². The summed E-state index contributed by atoms with van der Waals surface area (Å²) in [4.78, 5) is 36.0. The molecule has 3 N–H and O–H groups in total. The lowest BCUT2D eigenvalue weighted by Gasteiger charge is -2.22. The van der Waals surface area contributed by atoms with Crippen molar-refractivity contribution in [3.05, 3.63) is 59.7 Å². The number of rotatable bonds is 8. The highest BCUT2D eigenvalue weighted by Gasteiger charge is 2.46. The molecule has 0 unspecified atom stereocenters. The smallest absolute Gasteiger partial charge is 0.407 e. The second-order valence-corrected chi connectivity index (χ2v) is 9.37. The van der Waals surface area contributed by atoms with E-state index >= 15 is 0 Å². The maximum absolute atomic E-state index is 12.5. The minimum atomic E-state index is -1.05. The van der Waals surface area contributed by atoms with Crippen molar-refractivity contribution in [1.29, 1.82) is 0 Å². The highest BCUT2D eigenvalue weighted by atomic mass is 16.5. The van der Waals surface area contributed by atoms with Crippen LogP contribution in [0.3, 0.4) is 0 Å². The van der Waals surface area contributed by atoms with Crippen molar-refractivity contribution >= 4 is 18.0 Å². The molecule has 2 amide bonds. The number of ether oxygens (including phenoxy) is 1. The number of alkyl carbamates (subject to hydrolysis) is 1. The largest absolute Gasteiger partial charge is 0.481 e. The Labute approximate surface area is 187 Å². The van der Waals surface area contributed by atoms with Gasteiger partial charge in [0.2, 0.25) is 5.91 Å². The molecule has 0 aliphatic heterocycles. The summed E-state index contributed by atoms with van der Waals surface area (Å²) in [7, 11) is 0. The van der Waals surface area contributed by atoms with Crippen LogP contribution in [-0.4, -0.2) is 41.8 Å². The van der Waals surface area contributed by atoms with Gasteiger partial charge in [0, 0.05) is 18.9 Å². The van der Waals surface area contributed by atoms with Crippen molar-refractivity contribution in [2.75, 3.05) is 13.2 Å². The van der Waals surface area contributed by atoms with Gasteiger partial charge in [-0.1, -0.05) is 48.5 Å². The van der Waals surface area contributed by atoms with E-state index in [0.29, 0.717) is 12.8 Å². The molecule has 4 rings (SSSR count). The van der Waals surface area contributed by atoms with E-state index in [9.17, 15) is 14.4 Å². The molecule has 2 aliphatic carbocycles. The lowest BCUT2D eigenvalue weighted by molar-refractivity contribution is -0.146. The van der Waals surface area contributed by atoms with E-state index in [1.807, 2.05) is 24.3 Å². The third-order valence-electron chi connectivity index (χ3n) is 6.37. The van der Waals surface area contributed by atoms with E-state index in [1.165, 1.54) is 0 Å². The first-order valence-electron chi connectivity index (χ1n) is 10.8. The predicted molar refractivity (Wildman–Crippen MR) is 119 cm³/mol. The Kier molecular flexibility index (Phi) is 5.67. The summed E-state index contributed by atoms with van der Waals surface area (Å²) in [5.74, 6) is -1.28. The molecule has 2 aromatic carbocycles. The van der Waals surface area contributed by atoms with E-state index in [0.717, 1.165) is 22.3 Å². The quantitative estimate of drug-likeness (QED) is 0.586. The van der Waals surface area contributed by atoms with Crippen molar-refractivity contribution in [1.82, 2.24) is 10.6 Å². The minimum absolute atomic E-state index is 0.0233. The van der Waals surface area contributed by atoms with Crippen LogP contribution in [0.2, 0.25) is 0 Å². The number of hydrogen-bond donors (Lipinski definition) is 3. The van der Waals surface area contributed by atoms with Crippen LogP contribution in [0, 0.1) is 5.41 Å². The Balaban J connectivity index is 1.32. The summed E-state index contributed by atoms with van der Waals surface area (Å²) in [5, 5.41) is 14.7. The summed E-state index contributed by atoms with van der Waals surface area (Å²) in [5.41, 5.74) is 2.95. The summed E-state index contributed by atoms with van der Waals surface area (Å²) in [6.45, 7) is 3.35. The van der Waals surface area contributed by atoms with Gasteiger partial charge >= 0.3 is 12.1 Å². The predicted octanol–water partition coefficient (Wildman–Crippen LogP) is 3.67. The van der Waals surface area contributed by atoms with Gasteiger partial charge in [-0.05, 0) is 48.9 Å². The van der Waals surface area contributed by atoms with Crippen molar-refractivity contribution in [3.63, 3.8) is 0 Å². The number of fused-ring (bicyclic) bond motifs is 3. The van der Waals surface area contributed by atoms with Crippen molar-refractivity contribution in [2.24, 2.45) is 5.41 Å². The van der Waals surface area contributed by atoms with Gasteiger partial charge < -0.3 is 20.5 Å². The molecule has 0 saturated heterocycles. The van der Waals surface area contributed by atoms with Crippen molar-refractivity contribution < 1.29 is 24.2 Å². The van der Waals surface area contributed by atoms with E-state index in [1.54, 1.807) is 13.8 Å². The lowest BCUT2D eigenvalue weighted by Crippen LogP contribution is -2.44. The molecule has 0 spiro atoms. The molecular formula is C25H28N2O5. The molecule has 32 heavy (non-hydrogen) atoms. The Hall–Kier alpha value is -3.35. The maximum atomic E-state index is 12.5. The number of aliphatic carboxylic acids is 1. The average molecular weight is 437 g/mol. The molecule has 7 heteroatoms. The molecule has 2 aliphatic rings. The molecule has 0 aromatic heterocycles. The second-order valence-electron chi connectivity index (χ2n) is 9.37.